The van der Waals surface area contributed by atoms with Gasteiger partial charge in [0.15, 0.2) is 0 Å². The lowest BCUT2D eigenvalue weighted by Gasteiger charge is -2.05. The van der Waals surface area contributed by atoms with Gasteiger partial charge in [-0.1, -0.05) is 115 Å². The number of unbranched alkanes of at least 4 members (excludes halogenated alkanes) is 15. The van der Waals surface area contributed by atoms with Crippen LogP contribution >= 0.6 is 11.8 Å². The van der Waals surface area contributed by atoms with Gasteiger partial charge in [-0.05, 0) is 6.42 Å². The van der Waals surface area contributed by atoms with Gasteiger partial charge in [0.1, 0.15) is 0 Å². The predicted octanol–water partition coefficient (Wildman–Crippen LogP) is 8.07. The van der Waals surface area contributed by atoms with E-state index in [-0.39, 0.29) is 5.75 Å². The lowest BCUT2D eigenvalue weighted by molar-refractivity contribution is -0.160. The van der Waals surface area contributed by atoms with Crippen LogP contribution in [0.15, 0.2) is 0 Å². The minimum absolute atomic E-state index is 0.288. The first-order valence-electron chi connectivity index (χ1n) is 10.2. The summed E-state index contributed by atoms with van der Waals surface area (Å²) in [6, 6.07) is 0. The van der Waals surface area contributed by atoms with E-state index in [1.807, 2.05) is 0 Å². The Morgan fingerprint density at radius 2 is 0.960 bits per heavy atom. The van der Waals surface area contributed by atoms with Crippen LogP contribution in [-0.2, 0) is 4.79 Å². The molecule has 0 aliphatic heterocycles. The van der Waals surface area contributed by atoms with Crippen molar-refractivity contribution < 1.29 is 18.0 Å². The predicted molar refractivity (Wildman–Crippen MR) is 103 cm³/mol. The van der Waals surface area contributed by atoms with Crippen LogP contribution in [0.25, 0.3) is 0 Å². The average Bonchev–Trinajstić information content (AvgIpc) is 2.56. The molecular weight excluding hydrogens is 345 g/mol. The molecule has 0 spiro atoms. The topological polar surface area (TPSA) is 17.1 Å². The molecule has 1 nitrogen and oxygen atoms in total. The molecule has 0 fully saturated rings. The summed E-state index contributed by atoms with van der Waals surface area (Å²) in [6.07, 6.45) is 15.3. The molecule has 0 aliphatic carbocycles. The Bertz CT molecular complexity index is 306. The molecule has 25 heavy (non-hydrogen) atoms. The Morgan fingerprint density at radius 1 is 0.640 bits per heavy atom. The minimum atomic E-state index is -4.68. The van der Waals surface area contributed by atoms with Crippen molar-refractivity contribution >= 4 is 16.9 Å². The van der Waals surface area contributed by atoms with E-state index in [0.717, 1.165) is 19.3 Å². The van der Waals surface area contributed by atoms with Gasteiger partial charge in [0, 0.05) is 5.75 Å². The van der Waals surface area contributed by atoms with Crippen LogP contribution in [-0.4, -0.2) is 17.0 Å². The number of carbonyl (C=O) groups excluding carboxylic acids is 1. The Hall–Kier alpha value is -0.190. The molecule has 0 heterocycles. The summed E-state index contributed by atoms with van der Waals surface area (Å²) in [5, 5.41) is -1.66. The summed E-state index contributed by atoms with van der Waals surface area (Å²) < 4.78 is 36.0. The molecule has 5 heteroatoms. The molecule has 150 valence electrons. The minimum Gasteiger partial charge on any atom is -0.277 e. The molecular formula is C20H37F3OS. The molecule has 0 atom stereocenters. The van der Waals surface area contributed by atoms with Gasteiger partial charge in [0.2, 0.25) is 0 Å². The summed E-state index contributed by atoms with van der Waals surface area (Å²) in [5.41, 5.74) is 0. The standard InChI is InChI=1S/C20H37F3OS/c1-2-3-4-5-6-7-8-9-10-11-12-13-14-15-16-17-18-25-19(24)20(21,22)23/h2-18H2,1H3. The van der Waals surface area contributed by atoms with E-state index in [1.165, 1.54) is 77.0 Å². The molecule has 0 aromatic carbocycles. The number of thioether (sulfide) groups is 1. The first-order chi connectivity index (χ1) is 12.0. The number of halogens is 3. The molecule has 0 N–H and O–H groups in total. The highest BCUT2D eigenvalue weighted by molar-refractivity contribution is 8.13. The number of hydrogen-bond acceptors (Lipinski definition) is 2. The number of alkyl halides is 3. The maximum Gasteiger partial charge on any atom is 0.460 e. The van der Waals surface area contributed by atoms with Crippen molar-refractivity contribution in [3.8, 4) is 0 Å². The van der Waals surface area contributed by atoms with Gasteiger partial charge in [-0.2, -0.15) is 13.2 Å². The van der Waals surface area contributed by atoms with Gasteiger partial charge < -0.3 is 0 Å². The van der Waals surface area contributed by atoms with Crippen molar-refractivity contribution in [3.05, 3.63) is 0 Å². The van der Waals surface area contributed by atoms with Crippen molar-refractivity contribution in [1.29, 1.82) is 0 Å². The zero-order valence-corrected chi connectivity index (χ0v) is 16.8. The zero-order chi connectivity index (χ0) is 18.8. The normalized spacial score (nSPS) is 11.8. The first kappa shape index (κ1) is 24.8. The highest BCUT2D eigenvalue weighted by Crippen LogP contribution is 2.24. The third-order valence-corrected chi connectivity index (χ3v) is 5.45. The molecule has 0 saturated carbocycles. The van der Waals surface area contributed by atoms with Crippen molar-refractivity contribution in [3.63, 3.8) is 0 Å². The lowest BCUT2D eigenvalue weighted by Crippen LogP contribution is -2.19. The molecule has 0 unspecified atom stereocenters. The van der Waals surface area contributed by atoms with E-state index < -0.39 is 11.3 Å². The van der Waals surface area contributed by atoms with E-state index in [0.29, 0.717) is 18.2 Å². The fraction of sp³-hybridized carbons (Fsp3) is 0.950. The third kappa shape index (κ3) is 18.4. The van der Waals surface area contributed by atoms with E-state index in [4.69, 9.17) is 0 Å². The van der Waals surface area contributed by atoms with Crippen LogP contribution in [0.2, 0.25) is 0 Å². The Morgan fingerprint density at radius 3 is 1.28 bits per heavy atom. The maximum absolute atomic E-state index is 12.0. The Kier molecular flexibility index (Phi) is 17.1. The smallest absolute Gasteiger partial charge is 0.277 e. The summed E-state index contributed by atoms with van der Waals surface area (Å²) >= 11 is 0.406. The molecule has 0 aromatic rings. The van der Waals surface area contributed by atoms with E-state index in [2.05, 4.69) is 6.92 Å². The second-order valence-corrected chi connectivity index (χ2v) is 8.00. The second-order valence-electron chi connectivity index (χ2n) is 6.94. The van der Waals surface area contributed by atoms with Crippen LogP contribution < -0.4 is 0 Å². The molecule has 0 radical (unpaired) electrons. The monoisotopic (exact) mass is 382 g/mol. The molecule has 0 aliphatic rings. The van der Waals surface area contributed by atoms with Crippen LogP contribution in [0.3, 0.4) is 0 Å². The molecule has 0 bridgehead atoms. The van der Waals surface area contributed by atoms with Crippen LogP contribution in [0.5, 0.6) is 0 Å². The van der Waals surface area contributed by atoms with Gasteiger partial charge in [-0.15, -0.1) is 0 Å². The van der Waals surface area contributed by atoms with E-state index in [1.54, 1.807) is 0 Å². The van der Waals surface area contributed by atoms with Gasteiger partial charge in [0.05, 0.1) is 0 Å². The van der Waals surface area contributed by atoms with Crippen LogP contribution in [0.1, 0.15) is 110 Å². The number of carbonyl (C=O) groups is 1. The molecule has 0 saturated heterocycles. The van der Waals surface area contributed by atoms with Gasteiger partial charge in [0.25, 0.3) is 5.12 Å². The summed E-state index contributed by atoms with van der Waals surface area (Å²) in [6.45, 7) is 2.25. The number of rotatable bonds is 17. The zero-order valence-electron chi connectivity index (χ0n) is 16.0. The van der Waals surface area contributed by atoms with Gasteiger partial charge in [-0.3, -0.25) is 4.79 Å². The average molecular weight is 383 g/mol. The van der Waals surface area contributed by atoms with Gasteiger partial charge >= 0.3 is 6.18 Å². The Balaban J connectivity index is 3.11. The SMILES string of the molecule is CCCCCCCCCCCCCCCCCCSC(=O)C(F)(F)F. The fourth-order valence-corrected chi connectivity index (χ4v) is 3.59. The second kappa shape index (κ2) is 17.2. The van der Waals surface area contributed by atoms with Crippen molar-refractivity contribution in [2.24, 2.45) is 0 Å². The summed E-state index contributed by atoms with van der Waals surface area (Å²) in [4.78, 5) is 10.7. The van der Waals surface area contributed by atoms with Crippen molar-refractivity contribution in [2.75, 3.05) is 5.75 Å². The van der Waals surface area contributed by atoms with Crippen molar-refractivity contribution in [2.45, 2.75) is 116 Å². The van der Waals surface area contributed by atoms with E-state index >= 15 is 0 Å². The maximum atomic E-state index is 12.0. The number of hydrogen-bond donors (Lipinski definition) is 0. The lowest BCUT2D eigenvalue weighted by atomic mass is 10.0. The fourth-order valence-electron chi connectivity index (χ4n) is 2.90. The third-order valence-electron chi connectivity index (χ3n) is 4.46. The Labute approximate surface area is 156 Å². The largest absolute Gasteiger partial charge is 0.460 e. The molecule has 0 rings (SSSR count). The highest BCUT2D eigenvalue weighted by atomic mass is 32.2. The molecule has 0 aromatic heterocycles. The van der Waals surface area contributed by atoms with Crippen LogP contribution in [0, 0.1) is 0 Å². The van der Waals surface area contributed by atoms with Crippen molar-refractivity contribution in [1.82, 2.24) is 0 Å². The molecule has 0 amide bonds. The quantitative estimate of drug-likeness (QED) is 0.237. The summed E-state index contributed by atoms with van der Waals surface area (Å²) in [5.74, 6) is 0.288. The van der Waals surface area contributed by atoms with Gasteiger partial charge in [-0.25, -0.2) is 0 Å². The van der Waals surface area contributed by atoms with E-state index in [9.17, 15) is 18.0 Å². The van der Waals surface area contributed by atoms with Crippen LogP contribution in [0.4, 0.5) is 13.2 Å². The summed E-state index contributed by atoms with van der Waals surface area (Å²) in [7, 11) is 0. The highest BCUT2D eigenvalue weighted by Gasteiger charge is 2.38. The first-order valence-corrected chi connectivity index (χ1v) is 11.2.